The van der Waals surface area contributed by atoms with E-state index in [1.165, 1.54) is 37.2 Å². The summed E-state index contributed by atoms with van der Waals surface area (Å²) in [6, 6.07) is 19.1. The van der Waals surface area contributed by atoms with Gasteiger partial charge in [0.2, 0.25) is 0 Å². The Morgan fingerprint density at radius 1 is 1.08 bits per heavy atom. The number of amides is 1. The number of rotatable bonds is 7. The third-order valence-corrected chi connectivity index (χ3v) is 7.56. The van der Waals surface area contributed by atoms with Crippen molar-refractivity contribution in [2.75, 3.05) is 5.75 Å². The second-order valence-electron chi connectivity index (χ2n) is 8.78. The average molecular weight is 520 g/mol. The molecule has 1 aliphatic rings. The van der Waals surface area contributed by atoms with E-state index in [-0.39, 0.29) is 17.4 Å². The molecule has 1 saturated carbocycles. The number of benzene rings is 3. The molecule has 1 heterocycles. The van der Waals surface area contributed by atoms with E-state index in [4.69, 9.17) is 11.6 Å². The molecule has 0 unspecified atom stereocenters. The van der Waals surface area contributed by atoms with Crippen LogP contribution in [0.1, 0.15) is 43.7 Å². The Balaban J connectivity index is 1.29. The zero-order chi connectivity index (χ0) is 24.9. The molecule has 36 heavy (non-hydrogen) atoms. The first-order valence-electron chi connectivity index (χ1n) is 12.0. The van der Waals surface area contributed by atoms with E-state index in [2.05, 4.69) is 25.3 Å². The quantitative estimate of drug-likeness (QED) is 0.172. The molecule has 7 nitrogen and oxygen atoms in total. The standard InChI is InChI=1S/C27H26ClN5O2S/c28-20-13-10-19(11-14-20)26-31-32-27(33(26)21-7-2-1-3-8-21)36-17-25(35)30-29-16-23-22-9-5-4-6-18(22)12-15-24(23)34/h4-6,9-16,21,34H,1-3,7-8,17H2,(H,30,35)/b29-16+. The van der Waals surface area contributed by atoms with Gasteiger partial charge in [0, 0.05) is 22.2 Å². The molecule has 1 fully saturated rings. The van der Waals surface area contributed by atoms with Gasteiger partial charge < -0.3 is 5.11 Å². The van der Waals surface area contributed by atoms with Crippen molar-refractivity contribution >= 4 is 46.3 Å². The van der Waals surface area contributed by atoms with Crippen LogP contribution >= 0.6 is 23.4 Å². The number of halogens is 1. The Labute approximate surface area is 218 Å². The first-order chi connectivity index (χ1) is 17.6. The number of phenolic OH excluding ortho intramolecular Hbond substituents is 1. The minimum absolute atomic E-state index is 0.108. The van der Waals surface area contributed by atoms with Gasteiger partial charge in [0.1, 0.15) is 5.75 Å². The summed E-state index contributed by atoms with van der Waals surface area (Å²) < 4.78 is 2.18. The molecular formula is C27H26ClN5O2S. The zero-order valence-corrected chi connectivity index (χ0v) is 21.2. The van der Waals surface area contributed by atoms with E-state index in [1.807, 2.05) is 54.6 Å². The van der Waals surface area contributed by atoms with Crippen LogP contribution in [0.25, 0.3) is 22.2 Å². The summed E-state index contributed by atoms with van der Waals surface area (Å²) in [6.45, 7) is 0. The van der Waals surface area contributed by atoms with Crippen molar-refractivity contribution in [2.45, 2.75) is 43.3 Å². The van der Waals surface area contributed by atoms with Crippen molar-refractivity contribution < 1.29 is 9.90 Å². The Morgan fingerprint density at radius 3 is 2.67 bits per heavy atom. The van der Waals surface area contributed by atoms with E-state index < -0.39 is 0 Å². The van der Waals surface area contributed by atoms with Gasteiger partial charge in [-0.2, -0.15) is 5.10 Å². The first kappa shape index (κ1) is 24.3. The number of nitrogens with zero attached hydrogens (tertiary/aromatic N) is 4. The van der Waals surface area contributed by atoms with Crippen LogP contribution in [0, 0.1) is 0 Å². The Hall–Kier alpha value is -3.36. The monoisotopic (exact) mass is 519 g/mol. The molecule has 2 N–H and O–H groups in total. The third-order valence-electron chi connectivity index (χ3n) is 6.37. The molecule has 0 aliphatic heterocycles. The first-order valence-corrected chi connectivity index (χ1v) is 13.3. The molecule has 0 saturated heterocycles. The lowest BCUT2D eigenvalue weighted by Gasteiger charge is -2.25. The number of nitrogens with one attached hydrogen (secondary N) is 1. The molecule has 0 atom stereocenters. The molecule has 0 spiro atoms. The SMILES string of the molecule is O=C(CSc1nnc(-c2ccc(Cl)cc2)n1C1CCCCC1)N/N=C/c1c(O)ccc2ccccc12. The van der Waals surface area contributed by atoms with Gasteiger partial charge in [0.15, 0.2) is 11.0 Å². The number of hydrogen-bond donors (Lipinski definition) is 2. The number of carbonyl (C=O) groups excluding carboxylic acids is 1. The van der Waals surface area contributed by atoms with Gasteiger partial charge in [-0.15, -0.1) is 10.2 Å². The van der Waals surface area contributed by atoms with E-state index in [0.29, 0.717) is 16.6 Å². The van der Waals surface area contributed by atoms with E-state index >= 15 is 0 Å². The number of phenols is 1. The van der Waals surface area contributed by atoms with Gasteiger partial charge in [-0.25, -0.2) is 5.43 Å². The van der Waals surface area contributed by atoms with Crippen molar-refractivity contribution in [1.29, 1.82) is 0 Å². The predicted octanol–water partition coefficient (Wildman–Crippen LogP) is 6.20. The fraction of sp³-hybridized carbons (Fsp3) is 0.259. The molecule has 0 bridgehead atoms. The smallest absolute Gasteiger partial charge is 0.250 e. The highest BCUT2D eigenvalue weighted by molar-refractivity contribution is 7.99. The second-order valence-corrected chi connectivity index (χ2v) is 10.2. The Kier molecular flexibility index (Phi) is 7.53. The maximum Gasteiger partial charge on any atom is 0.250 e. The molecule has 4 aromatic rings. The highest BCUT2D eigenvalue weighted by Gasteiger charge is 2.24. The number of fused-ring (bicyclic) bond motifs is 1. The minimum atomic E-state index is -0.262. The van der Waals surface area contributed by atoms with Crippen molar-refractivity contribution in [2.24, 2.45) is 5.10 Å². The van der Waals surface area contributed by atoms with Crippen molar-refractivity contribution in [1.82, 2.24) is 20.2 Å². The Morgan fingerprint density at radius 2 is 1.86 bits per heavy atom. The van der Waals surface area contributed by atoms with Gasteiger partial charge in [-0.3, -0.25) is 9.36 Å². The molecule has 1 aliphatic carbocycles. The van der Waals surface area contributed by atoms with Gasteiger partial charge in [0.05, 0.1) is 12.0 Å². The molecule has 9 heteroatoms. The molecule has 1 aromatic heterocycles. The fourth-order valence-electron chi connectivity index (χ4n) is 4.59. The summed E-state index contributed by atoms with van der Waals surface area (Å²) in [4.78, 5) is 12.6. The van der Waals surface area contributed by atoms with Crippen LogP contribution in [-0.2, 0) is 4.79 Å². The van der Waals surface area contributed by atoms with Crippen molar-refractivity contribution in [3.63, 3.8) is 0 Å². The van der Waals surface area contributed by atoms with Crippen LogP contribution in [0.15, 0.2) is 70.9 Å². The van der Waals surface area contributed by atoms with Crippen molar-refractivity contribution in [3.8, 4) is 17.1 Å². The second kappa shape index (κ2) is 11.1. The highest BCUT2D eigenvalue weighted by Crippen LogP contribution is 2.35. The van der Waals surface area contributed by atoms with Gasteiger partial charge in [0.25, 0.3) is 5.91 Å². The predicted molar refractivity (Wildman–Crippen MR) is 145 cm³/mol. The number of hydrogen-bond acceptors (Lipinski definition) is 6. The minimum Gasteiger partial charge on any atom is -0.507 e. The van der Waals surface area contributed by atoms with Gasteiger partial charge in [-0.05, 0) is 53.9 Å². The summed E-state index contributed by atoms with van der Waals surface area (Å²) in [5, 5.41) is 26.5. The summed E-state index contributed by atoms with van der Waals surface area (Å²) in [6.07, 6.45) is 7.19. The van der Waals surface area contributed by atoms with Crippen LogP contribution < -0.4 is 5.43 Å². The summed E-state index contributed by atoms with van der Waals surface area (Å²) in [5.41, 5.74) is 4.08. The lowest BCUT2D eigenvalue weighted by Crippen LogP contribution is -2.20. The van der Waals surface area contributed by atoms with Gasteiger partial charge >= 0.3 is 0 Å². The lowest BCUT2D eigenvalue weighted by atomic mass is 9.95. The van der Waals surface area contributed by atoms with Crippen LogP contribution in [0.2, 0.25) is 5.02 Å². The molecule has 3 aromatic carbocycles. The highest BCUT2D eigenvalue weighted by atomic mass is 35.5. The van der Waals surface area contributed by atoms with Gasteiger partial charge in [-0.1, -0.05) is 73.0 Å². The van der Waals surface area contributed by atoms with E-state index in [1.54, 1.807) is 6.07 Å². The number of carbonyl (C=O) groups is 1. The third kappa shape index (κ3) is 5.39. The van der Waals surface area contributed by atoms with E-state index in [9.17, 15) is 9.90 Å². The maximum absolute atomic E-state index is 12.6. The number of hydrazone groups is 1. The van der Waals surface area contributed by atoms with Crippen LogP contribution in [0.4, 0.5) is 0 Å². The maximum atomic E-state index is 12.6. The number of aromatic hydroxyl groups is 1. The van der Waals surface area contributed by atoms with Crippen molar-refractivity contribution in [3.05, 3.63) is 71.2 Å². The zero-order valence-electron chi connectivity index (χ0n) is 19.6. The van der Waals surface area contributed by atoms with Crippen LogP contribution in [0.5, 0.6) is 5.75 Å². The molecule has 0 radical (unpaired) electrons. The van der Waals surface area contributed by atoms with E-state index in [0.717, 1.165) is 40.2 Å². The fourth-order valence-corrected chi connectivity index (χ4v) is 5.51. The molecule has 5 rings (SSSR count). The lowest BCUT2D eigenvalue weighted by molar-refractivity contribution is -0.118. The summed E-state index contributed by atoms with van der Waals surface area (Å²) in [7, 11) is 0. The summed E-state index contributed by atoms with van der Waals surface area (Å²) >= 11 is 7.43. The topological polar surface area (TPSA) is 92.4 Å². The number of thioether (sulfide) groups is 1. The Bertz CT molecular complexity index is 1400. The average Bonchev–Trinajstić information content (AvgIpc) is 3.33. The largest absolute Gasteiger partial charge is 0.507 e. The molecular weight excluding hydrogens is 494 g/mol. The normalized spacial score (nSPS) is 14.5. The molecule has 184 valence electrons. The summed E-state index contributed by atoms with van der Waals surface area (Å²) in [5.74, 6) is 0.786. The molecule has 1 amide bonds. The number of aromatic nitrogens is 3. The van der Waals surface area contributed by atoms with Crippen LogP contribution in [0.3, 0.4) is 0 Å². The van der Waals surface area contributed by atoms with Crippen LogP contribution in [-0.4, -0.2) is 37.7 Å².